The lowest BCUT2D eigenvalue weighted by atomic mass is 10.1. The van der Waals surface area contributed by atoms with Gasteiger partial charge < -0.3 is 24.3 Å². The first-order chi connectivity index (χ1) is 13.3. The molecule has 0 heterocycles. The van der Waals surface area contributed by atoms with Crippen LogP contribution in [0.25, 0.3) is 0 Å². The minimum atomic E-state index is -0.495. The van der Waals surface area contributed by atoms with Crippen molar-refractivity contribution >= 4 is 12.1 Å². The Kier molecular flexibility index (Phi) is 11.2. The predicted octanol–water partition coefficient (Wildman–Crippen LogP) is 3.35. The van der Waals surface area contributed by atoms with Gasteiger partial charge in [0.15, 0.2) is 0 Å². The molecule has 1 aromatic carbocycles. The van der Waals surface area contributed by atoms with Crippen molar-refractivity contribution in [3.05, 3.63) is 35.4 Å². The number of aryl methyl sites for hydroxylation is 1. The zero-order valence-corrected chi connectivity index (χ0v) is 17.4. The van der Waals surface area contributed by atoms with Crippen molar-refractivity contribution in [1.29, 1.82) is 0 Å². The van der Waals surface area contributed by atoms with Crippen LogP contribution in [0.4, 0.5) is 4.79 Å². The Morgan fingerprint density at radius 1 is 0.929 bits per heavy atom. The van der Waals surface area contributed by atoms with E-state index in [-0.39, 0.29) is 5.97 Å². The summed E-state index contributed by atoms with van der Waals surface area (Å²) in [5, 5.41) is 2.63. The summed E-state index contributed by atoms with van der Waals surface area (Å²) in [5.74, 6) is -0.317. The van der Waals surface area contributed by atoms with E-state index in [4.69, 9.17) is 14.2 Å². The summed E-state index contributed by atoms with van der Waals surface area (Å²) in [6.07, 6.45) is 2.47. The number of nitrogens with one attached hydrogen (secondary N) is 1. The quantitative estimate of drug-likeness (QED) is 0.432. The lowest BCUT2D eigenvalue weighted by Crippen LogP contribution is -2.34. The van der Waals surface area contributed by atoms with Crippen LogP contribution in [0.15, 0.2) is 24.3 Å². The van der Waals surface area contributed by atoms with Crippen molar-refractivity contribution in [2.75, 3.05) is 40.1 Å². The van der Waals surface area contributed by atoms with Crippen molar-refractivity contribution in [1.82, 2.24) is 5.32 Å². The molecular weight excluding hydrogens is 362 g/mol. The van der Waals surface area contributed by atoms with Crippen LogP contribution in [0.3, 0.4) is 0 Å². The number of rotatable bonds is 12. The van der Waals surface area contributed by atoms with E-state index in [1.54, 1.807) is 12.1 Å². The van der Waals surface area contributed by atoms with E-state index in [1.165, 1.54) is 12.7 Å². The number of unbranched alkanes of at least 4 members (excludes halogenated alkanes) is 1. The molecule has 0 aliphatic carbocycles. The van der Waals surface area contributed by atoms with Gasteiger partial charge in [0, 0.05) is 13.2 Å². The van der Waals surface area contributed by atoms with E-state index in [1.807, 2.05) is 32.9 Å². The van der Waals surface area contributed by atoms with Gasteiger partial charge in [0.25, 0.3) is 0 Å². The molecule has 1 N–H and O–H groups in total. The highest BCUT2D eigenvalue weighted by atomic mass is 16.6. The molecule has 0 bridgehead atoms. The van der Waals surface area contributed by atoms with Gasteiger partial charge in [-0.15, -0.1) is 0 Å². The molecule has 0 aromatic heterocycles. The smallest absolute Gasteiger partial charge is 0.407 e. The first kappa shape index (κ1) is 23.9. The monoisotopic (exact) mass is 395 g/mol. The molecule has 0 aliphatic heterocycles. The summed E-state index contributed by atoms with van der Waals surface area (Å²) in [6, 6.07) is 7.47. The Morgan fingerprint density at radius 2 is 1.57 bits per heavy atom. The van der Waals surface area contributed by atoms with Gasteiger partial charge in [-0.2, -0.15) is 0 Å². The van der Waals surface area contributed by atoms with E-state index < -0.39 is 11.7 Å². The van der Waals surface area contributed by atoms with E-state index in [2.05, 4.69) is 10.1 Å². The van der Waals surface area contributed by atoms with Crippen molar-refractivity contribution in [3.8, 4) is 0 Å². The van der Waals surface area contributed by atoms with Gasteiger partial charge in [-0.3, -0.25) is 0 Å². The topological polar surface area (TPSA) is 83.1 Å². The van der Waals surface area contributed by atoms with Gasteiger partial charge in [0.2, 0.25) is 0 Å². The molecule has 0 aliphatic rings. The Hall–Kier alpha value is -2.12. The maximum atomic E-state index is 11.4. The van der Waals surface area contributed by atoms with Crippen LogP contribution in [-0.2, 0) is 25.4 Å². The normalized spacial score (nSPS) is 11.1. The highest BCUT2D eigenvalue weighted by Crippen LogP contribution is 2.09. The van der Waals surface area contributed by atoms with Crippen LogP contribution in [0.2, 0.25) is 0 Å². The van der Waals surface area contributed by atoms with Gasteiger partial charge in [0.05, 0.1) is 32.5 Å². The van der Waals surface area contributed by atoms with Crippen LogP contribution in [0, 0.1) is 0 Å². The number of ether oxygens (including phenoxy) is 4. The Balaban J connectivity index is 1.94. The van der Waals surface area contributed by atoms with Crippen LogP contribution in [0.1, 0.15) is 49.5 Å². The van der Waals surface area contributed by atoms with E-state index in [0.29, 0.717) is 38.5 Å². The largest absolute Gasteiger partial charge is 0.465 e. The van der Waals surface area contributed by atoms with Gasteiger partial charge in [0.1, 0.15) is 5.60 Å². The minimum Gasteiger partial charge on any atom is -0.465 e. The van der Waals surface area contributed by atoms with E-state index in [0.717, 1.165) is 19.3 Å². The zero-order chi connectivity index (χ0) is 20.8. The number of methoxy groups -OCH3 is 1. The molecule has 158 valence electrons. The molecule has 28 heavy (non-hydrogen) atoms. The SMILES string of the molecule is COC(=O)c1ccc(CCCCOCCOCCNC(=O)OC(C)(C)C)cc1. The number of carbonyl (C=O) groups excluding carboxylic acids is 2. The molecule has 0 saturated carbocycles. The van der Waals surface area contributed by atoms with Gasteiger partial charge in [-0.1, -0.05) is 12.1 Å². The number of carbonyl (C=O) groups is 2. The highest BCUT2D eigenvalue weighted by molar-refractivity contribution is 5.89. The number of hydrogen-bond donors (Lipinski definition) is 1. The van der Waals surface area contributed by atoms with Gasteiger partial charge >= 0.3 is 12.1 Å². The van der Waals surface area contributed by atoms with Crippen molar-refractivity contribution in [2.45, 2.75) is 45.6 Å². The predicted molar refractivity (Wildman–Crippen MR) is 107 cm³/mol. The third-order valence-electron chi connectivity index (χ3n) is 3.67. The fourth-order valence-corrected chi connectivity index (χ4v) is 2.32. The van der Waals surface area contributed by atoms with E-state index in [9.17, 15) is 9.59 Å². The molecule has 0 saturated heterocycles. The number of esters is 1. The second-order valence-electron chi connectivity index (χ2n) is 7.30. The Morgan fingerprint density at radius 3 is 2.18 bits per heavy atom. The lowest BCUT2D eigenvalue weighted by molar-refractivity contribution is 0.0391. The molecule has 1 aromatic rings. The second-order valence-corrected chi connectivity index (χ2v) is 7.30. The molecule has 0 atom stereocenters. The summed E-state index contributed by atoms with van der Waals surface area (Å²) in [6.45, 7) is 7.99. The second kappa shape index (κ2) is 13.1. The van der Waals surface area contributed by atoms with Crippen LogP contribution in [-0.4, -0.2) is 57.7 Å². The lowest BCUT2D eigenvalue weighted by Gasteiger charge is -2.19. The average molecular weight is 395 g/mol. The third-order valence-corrected chi connectivity index (χ3v) is 3.67. The van der Waals surface area contributed by atoms with E-state index >= 15 is 0 Å². The standard InChI is InChI=1S/C21H33NO6/c1-21(2,3)28-20(24)22-12-14-27-16-15-26-13-6-5-7-17-8-10-18(11-9-17)19(23)25-4/h8-11H,5-7,12-16H2,1-4H3,(H,22,24). The number of hydrogen-bond acceptors (Lipinski definition) is 6. The van der Waals surface area contributed by atoms with Crippen LogP contribution < -0.4 is 5.32 Å². The summed E-state index contributed by atoms with van der Waals surface area (Å²) in [7, 11) is 1.38. The number of benzene rings is 1. The van der Waals surface area contributed by atoms with Crippen molar-refractivity contribution in [2.24, 2.45) is 0 Å². The Labute approximate surface area is 167 Å². The molecule has 7 nitrogen and oxygen atoms in total. The van der Waals surface area contributed by atoms with Crippen molar-refractivity contribution in [3.63, 3.8) is 0 Å². The van der Waals surface area contributed by atoms with Gasteiger partial charge in [-0.05, 0) is 57.7 Å². The number of amides is 1. The summed E-state index contributed by atoms with van der Waals surface area (Å²) < 4.78 is 20.7. The number of alkyl carbamates (subject to hydrolysis) is 1. The molecule has 0 fully saturated rings. The van der Waals surface area contributed by atoms with Crippen LogP contribution in [0.5, 0.6) is 0 Å². The molecule has 7 heteroatoms. The van der Waals surface area contributed by atoms with Gasteiger partial charge in [-0.25, -0.2) is 9.59 Å². The third kappa shape index (κ3) is 11.6. The molecule has 1 rings (SSSR count). The van der Waals surface area contributed by atoms with Crippen LogP contribution >= 0.6 is 0 Å². The zero-order valence-electron chi connectivity index (χ0n) is 17.4. The molecule has 0 radical (unpaired) electrons. The Bertz CT molecular complexity index is 580. The minimum absolute atomic E-state index is 0.317. The summed E-state index contributed by atoms with van der Waals surface area (Å²) in [4.78, 5) is 22.8. The maximum Gasteiger partial charge on any atom is 0.407 e. The fourth-order valence-electron chi connectivity index (χ4n) is 2.32. The molecule has 1 amide bonds. The maximum absolute atomic E-state index is 11.4. The first-order valence-electron chi connectivity index (χ1n) is 9.61. The highest BCUT2D eigenvalue weighted by Gasteiger charge is 2.15. The average Bonchev–Trinajstić information content (AvgIpc) is 2.64. The summed E-state index contributed by atoms with van der Waals surface area (Å²) >= 11 is 0. The van der Waals surface area contributed by atoms with Crippen molar-refractivity contribution < 1.29 is 28.5 Å². The summed E-state index contributed by atoms with van der Waals surface area (Å²) in [5.41, 5.74) is 1.26. The fraction of sp³-hybridized carbons (Fsp3) is 0.619. The first-order valence-corrected chi connectivity index (χ1v) is 9.61. The molecule has 0 unspecified atom stereocenters. The molecule has 0 spiro atoms. The molecular formula is C21H33NO6.